The monoisotopic (exact) mass is 169 g/mol. The van der Waals surface area contributed by atoms with Gasteiger partial charge in [-0.25, -0.2) is 14.6 Å². The van der Waals surface area contributed by atoms with Crippen molar-refractivity contribution in [3.05, 3.63) is 12.7 Å². The number of hydrogen-bond donors (Lipinski definition) is 0. The quantitative estimate of drug-likeness (QED) is 0.265. The van der Waals surface area contributed by atoms with Gasteiger partial charge in [0.2, 0.25) is 6.08 Å². The molecule has 0 aromatic carbocycles. The summed E-state index contributed by atoms with van der Waals surface area (Å²) in [7, 11) is 0. The lowest BCUT2D eigenvalue weighted by Gasteiger charge is -2.08. The second kappa shape index (κ2) is 6.31. The minimum absolute atomic E-state index is 0.243. The van der Waals surface area contributed by atoms with Crippen molar-refractivity contribution in [2.75, 3.05) is 6.54 Å². The zero-order valence-electron chi connectivity index (χ0n) is 6.95. The van der Waals surface area contributed by atoms with Crippen LogP contribution < -0.4 is 0 Å². The van der Waals surface area contributed by atoms with Gasteiger partial charge in [-0.1, -0.05) is 6.58 Å². The van der Waals surface area contributed by atoms with Crippen LogP contribution in [0.5, 0.6) is 0 Å². The number of aliphatic imine (C=N–C) groups is 1. The first kappa shape index (κ1) is 10.6. The molecule has 0 bridgehead atoms. The fourth-order valence-electron chi connectivity index (χ4n) is 0.597. The van der Waals surface area contributed by atoms with Gasteiger partial charge in [0.25, 0.3) is 0 Å². The smallest absolute Gasteiger partial charge is 0.330 e. The molecular weight excluding hydrogens is 158 g/mol. The molecule has 0 saturated carbocycles. The molecule has 0 N–H and O–H groups in total. The Balaban J connectivity index is 3.58. The zero-order valence-corrected chi connectivity index (χ0v) is 6.95. The van der Waals surface area contributed by atoms with Crippen LogP contribution in [-0.4, -0.2) is 24.7 Å². The Morgan fingerprint density at radius 3 is 3.00 bits per heavy atom. The van der Waals surface area contributed by atoms with Gasteiger partial charge in [-0.15, -0.1) is 0 Å². The second-order valence-electron chi connectivity index (χ2n) is 2.21. The molecule has 0 aliphatic carbocycles. The summed E-state index contributed by atoms with van der Waals surface area (Å²) in [4.78, 5) is 23.6. The van der Waals surface area contributed by atoms with E-state index in [2.05, 4.69) is 11.6 Å². The highest BCUT2D eigenvalue weighted by atomic mass is 16.5. The van der Waals surface area contributed by atoms with Gasteiger partial charge < -0.3 is 4.74 Å². The summed E-state index contributed by atoms with van der Waals surface area (Å²) < 4.78 is 4.80. The zero-order chi connectivity index (χ0) is 9.40. The van der Waals surface area contributed by atoms with E-state index in [4.69, 9.17) is 4.74 Å². The molecule has 0 rings (SSSR count). The maximum atomic E-state index is 10.6. The lowest BCUT2D eigenvalue weighted by Crippen LogP contribution is -2.13. The van der Waals surface area contributed by atoms with Crippen molar-refractivity contribution >= 4 is 12.0 Å². The average Bonchev–Trinajstić information content (AvgIpc) is 2.05. The van der Waals surface area contributed by atoms with Crippen molar-refractivity contribution in [1.29, 1.82) is 0 Å². The van der Waals surface area contributed by atoms with Crippen LogP contribution in [0.3, 0.4) is 0 Å². The fourth-order valence-corrected chi connectivity index (χ4v) is 0.597. The molecule has 0 spiro atoms. The number of hydrogen-bond acceptors (Lipinski definition) is 4. The Bertz CT molecular complexity index is 206. The van der Waals surface area contributed by atoms with Crippen LogP contribution in [0.4, 0.5) is 0 Å². The average molecular weight is 169 g/mol. The van der Waals surface area contributed by atoms with E-state index in [1.807, 2.05) is 0 Å². The molecule has 1 unspecified atom stereocenters. The Morgan fingerprint density at radius 2 is 2.50 bits per heavy atom. The largest absolute Gasteiger partial charge is 0.459 e. The summed E-state index contributed by atoms with van der Waals surface area (Å²) in [5.41, 5.74) is 0. The van der Waals surface area contributed by atoms with Gasteiger partial charge in [-0.05, 0) is 6.92 Å². The molecule has 0 heterocycles. The predicted octanol–water partition coefficient (Wildman–Crippen LogP) is 0.830. The number of ether oxygens (including phenoxy) is 1. The summed E-state index contributed by atoms with van der Waals surface area (Å²) >= 11 is 0. The Hall–Kier alpha value is -1.41. The van der Waals surface area contributed by atoms with Crippen molar-refractivity contribution in [2.45, 2.75) is 19.4 Å². The summed E-state index contributed by atoms with van der Waals surface area (Å²) in [6.45, 7) is 5.30. The van der Waals surface area contributed by atoms with E-state index in [1.54, 1.807) is 6.92 Å². The van der Waals surface area contributed by atoms with E-state index in [9.17, 15) is 9.59 Å². The third-order valence-corrected chi connectivity index (χ3v) is 1.20. The van der Waals surface area contributed by atoms with Crippen LogP contribution in [0.15, 0.2) is 17.6 Å². The van der Waals surface area contributed by atoms with Gasteiger partial charge in [0.05, 0.1) is 6.54 Å². The first-order chi connectivity index (χ1) is 5.70. The summed E-state index contributed by atoms with van der Waals surface area (Å²) in [5, 5.41) is 0. The molecule has 0 amide bonds. The van der Waals surface area contributed by atoms with Gasteiger partial charge in [-0.3, -0.25) is 0 Å². The molecule has 0 aromatic rings. The van der Waals surface area contributed by atoms with Crippen LogP contribution in [0.2, 0.25) is 0 Å². The molecule has 0 aliphatic heterocycles. The minimum atomic E-state index is -0.461. The third kappa shape index (κ3) is 5.38. The first-order valence-corrected chi connectivity index (χ1v) is 3.57. The maximum absolute atomic E-state index is 10.6. The molecule has 12 heavy (non-hydrogen) atoms. The van der Waals surface area contributed by atoms with Gasteiger partial charge in [0, 0.05) is 12.5 Å². The van der Waals surface area contributed by atoms with E-state index < -0.39 is 5.97 Å². The van der Waals surface area contributed by atoms with Gasteiger partial charge in [-0.2, -0.15) is 0 Å². The van der Waals surface area contributed by atoms with Gasteiger partial charge in [0.1, 0.15) is 6.10 Å². The van der Waals surface area contributed by atoms with Crippen LogP contribution in [-0.2, 0) is 14.3 Å². The van der Waals surface area contributed by atoms with E-state index in [-0.39, 0.29) is 6.10 Å². The van der Waals surface area contributed by atoms with Crippen molar-refractivity contribution in [2.24, 2.45) is 4.99 Å². The minimum Gasteiger partial charge on any atom is -0.459 e. The van der Waals surface area contributed by atoms with Crippen LogP contribution >= 0.6 is 0 Å². The Kier molecular flexibility index (Phi) is 5.57. The number of esters is 1. The SMILES string of the molecule is C=CC(=O)OC(C)CCN=C=O. The van der Waals surface area contributed by atoms with Crippen molar-refractivity contribution in [3.63, 3.8) is 0 Å². The van der Waals surface area contributed by atoms with Crippen molar-refractivity contribution in [1.82, 2.24) is 0 Å². The molecule has 0 aromatic heterocycles. The van der Waals surface area contributed by atoms with Crippen molar-refractivity contribution in [3.8, 4) is 0 Å². The molecular formula is C8H11NO3. The highest BCUT2D eigenvalue weighted by molar-refractivity contribution is 5.81. The highest BCUT2D eigenvalue weighted by Gasteiger charge is 2.04. The maximum Gasteiger partial charge on any atom is 0.330 e. The summed E-state index contributed by atoms with van der Waals surface area (Å²) in [5.74, 6) is -0.461. The van der Waals surface area contributed by atoms with E-state index in [1.165, 1.54) is 6.08 Å². The van der Waals surface area contributed by atoms with E-state index in [0.717, 1.165) is 6.08 Å². The fraction of sp³-hybridized carbons (Fsp3) is 0.500. The molecule has 66 valence electrons. The number of rotatable bonds is 5. The van der Waals surface area contributed by atoms with Crippen LogP contribution in [0.1, 0.15) is 13.3 Å². The molecule has 1 atom stereocenters. The number of carbonyl (C=O) groups excluding carboxylic acids is 2. The molecule has 0 aliphatic rings. The third-order valence-electron chi connectivity index (χ3n) is 1.20. The topological polar surface area (TPSA) is 55.7 Å². The highest BCUT2D eigenvalue weighted by Crippen LogP contribution is 1.97. The summed E-state index contributed by atoms with van der Waals surface area (Å²) in [6, 6.07) is 0. The van der Waals surface area contributed by atoms with E-state index in [0.29, 0.717) is 13.0 Å². The normalized spacial score (nSPS) is 11.1. The standard InChI is InChI=1S/C8H11NO3/c1-3-8(11)12-7(2)4-5-9-6-10/h3,7H,1,4-5H2,2H3. The number of nitrogens with zero attached hydrogens (tertiary/aromatic N) is 1. The molecule has 4 nitrogen and oxygen atoms in total. The van der Waals surface area contributed by atoms with E-state index >= 15 is 0 Å². The Morgan fingerprint density at radius 1 is 1.83 bits per heavy atom. The molecule has 0 fully saturated rings. The lowest BCUT2D eigenvalue weighted by atomic mass is 10.3. The van der Waals surface area contributed by atoms with Crippen molar-refractivity contribution < 1.29 is 14.3 Å². The summed E-state index contributed by atoms with van der Waals surface area (Å²) in [6.07, 6.45) is 2.78. The van der Waals surface area contributed by atoms with Crippen LogP contribution in [0.25, 0.3) is 0 Å². The lowest BCUT2D eigenvalue weighted by molar-refractivity contribution is -0.142. The first-order valence-electron chi connectivity index (χ1n) is 3.57. The number of isocyanates is 1. The molecule has 4 heteroatoms. The second-order valence-corrected chi connectivity index (χ2v) is 2.21. The number of carbonyl (C=O) groups is 1. The predicted molar refractivity (Wildman–Crippen MR) is 43.4 cm³/mol. The van der Waals surface area contributed by atoms with Crippen LogP contribution in [0, 0.1) is 0 Å². The van der Waals surface area contributed by atoms with Gasteiger partial charge in [0.15, 0.2) is 0 Å². The molecule has 0 radical (unpaired) electrons. The Labute approximate surface area is 70.9 Å². The van der Waals surface area contributed by atoms with Gasteiger partial charge >= 0.3 is 5.97 Å². The molecule has 0 saturated heterocycles.